The number of ether oxygens (including phenoxy) is 3. The summed E-state index contributed by atoms with van der Waals surface area (Å²) < 4.78 is 19.4. The first-order chi connectivity index (χ1) is 11.1. The van der Waals surface area contributed by atoms with Crippen molar-refractivity contribution in [1.82, 2.24) is 0 Å². The number of hydrogen-bond acceptors (Lipinski definition) is 4. The van der Waals surface area contributed by atoms with Gasteiger partial charge in [0.2, 0.25) is 0 Å². The number of alkyl halides is 1. The summed E-state index contributed by atoms with van der Waals surface area (Å²) in [5, 5.41) is 0.762. The van der Waals surface area contributed by atoms with E-state index >= 15 is 0 Å². The summed E-state index contributed by atoms with van der Waals surface area (Å²) in [6, 6.07) is 0. The van der Waals surface area contributed by atoms with Gasteiger partial charge in [-0.1, -0.05) is 36.7 Å². The monoisotopic (exact) mass is 398 g/mol. The number of halogens is 1. The molecule has 0 amide bonds. The molecular formula is C19H27BrO4. The Labute approximate surface area is 152 Å². The molecule has 24 heavy (non-hydrogen) atoms. The van der Waals surface area contributed by atoms with E-state index in [1.165, 1.54) is 0 Å². The van der Waals surface area contributed by atoms with Crippen LogP contribution in [0.1, 0.15) is 47.5 Å². The van der Waals surface area contributed by atoms with Gasteiger partial charge in [-0.15, -0.1) is 0 Å². The van der Waals surface area contributed by atoms with Crippen molar-refractivity contribution in [3.63, 3.8) is 0 Å². The lowest BCUT2D eigenvalue weighted by atomic mass is 9.62. The Morgan fingerprint density at radius 1 is 1.17 bits per heavy atom. The maximum absolute atomic E-state index is 12.9. The first kappa shape index (κ1) is 16.1. The molecule has 2 saturated carbocycles. The van der Waals surface area contributed by atoms with Gasteiger partial charge in [-0.05, 0) is 38.0 Å². The Hall–Kier alpha value is -0.130. The molecule has 5 unspecified atom stereocenters. The quantitative estimate of drug-likeness (QED) is 0.501. The first-order valence-corrected chi connectivity index (χ1v) is 10.3. The van der Waals surface area contributed by atoms with Crippen LogP contribution in [-0.4, -0.2) is 41.3 Å². The summed E-state index contributed by atoms with van der Waals surface area (Å²) >= 11 is 3.73. The smallest absolute Gasteiger partial charge is 0.313 e. The molecule has 0 aromatic rings. The van der Waals surface area contributed by atoms with E-state index in [4.69, 9.17) is 14.2 Å². The highest BCUT2D eigenvalue weighted by Gasteiger charge is 2.89. The van der Waals surface area contributed by atoms with Crippen LogP contribution in [0.5, 0.6) is 0 Å². The van der Waals surface area contributed by atoms with Crippen LogP contribution in [0.2, 0.25) is 0 Å². The number of carbonyl (C=O) groups is 1. The number of hydrogen-bond donors (Lipinski definition) is 0. The zero-order valence-corrected chi connectivity index (χ0v) is 16.7. The highest BCUT2D eigenvalue weighted by atomic mass is 79.9. The van der Waals surface area contributed by atoms with Gasteiger partial charge >= 0.3 is 5.97 Å². The molecule has 3 heterocycles. The van der Waals surface area contributed by atoms with Crippen molar-refractivity contribution in [2.75, 3.05) is 11.9 Å². The molecular weight excluding hydrogens is 372 g/mol. The third-order valence-electron chi connectivity index (χ3n) is 8.43. The molecule has 2 aliphatic carbocycles. The molecule has 5 heteroatoms. The topological polar surface area (TPSA) is 44.8 Å². The summed E-state index contributed by atoms with van der Waals surface area (Å²) in [6.07, 6.45) is 1.63. The average Bonchev–Trinajstić information content (AvgIpc) is 2.99. The molecule has 3 aliphatic heterocycles. The summed E-state index contributed by atoms with van der Waals surface area (Å²) in [5.41, 5.74) is -1.32. The number of esters is 1. The summed E-state index contributed by atoms with van der Waals surface area (Å²) in [5.74, 6) is 0.603. The summed E-state index contributed by atoms with van der Waals surface area (Å²) in [7, 11) is 0. The lowest BCUT2D eigenvalue weighted by Gasteiger charge is -2.48. The lowest BCUT2D eigenvalue weighted by molar-refractivity contribution is -0.199. The normalized spacial score (nSPS) is 62.5. The predicted octanol–water partition coefficient (Wildman–Crippen LogP) is 3.31. The van der Waals surface area contributed by atoms with Gasteiger partial charge in [0.15, 0.2) is 0 Å². The fourth-order valence-corrected chi connectivity index (χ4v) is 7.79. The van der Waals surface area contributed by atoms with Gasteiger partial charge in [0.1, 0.15) is 12.2 Å². The van der Waals surface area contributed by atoms with Crippen molar-refractivity contribution in [3.05, 3.63) is 0 Å². The van der Waals surface area contributed by atoms with Gasteiger partial charge in [-0.25, -0.2) is 0 Å². The molecule has 0 N–H and O–H groups in total. The largest absolute Gasteiger partial charge is 0.458 e. The molecule has 1 spiro atoms. The molecule has 3 saturated heterocycles. The van der Waals surface area contributed by atoms with Crippen LogP contribution in [-0.2, 0) is 19.0 Å². The van der Waals surface area contributed by atoms with Gasteiger partial charge in [0.25, 0.3) is 0 Å². The maximum Gasteiger partial charge on any atom is 0.313 e. The van der Waals surface area contributed by atoms with E-state index in [9.17, 15) is 4.79 Å². The predicted molar refractivity (Wildman–Crippen MR) is 91.8 cm³/mol. The van der Waals surface area contributed by atoms with E-state index in [1.54, 1.807) is 0 Å². The Morgan fingerprint density at radius 2 is 1.88 bits per heavy atom. The van der Waals surface area contributed by atoms with E-state index < -0.39 is 0 Å². The number of carbonyl (C=O) groups excluding carboxylic acids is 1. The van der Waals surface area contributed by atoms with Crippen LogP contribution in [0.3, 0.4) is 0 Å². The van der Waals surface area contributed by atoms with Gasteiger partial charge in [0, 0.05) is 11.2 Å². The van der Waals surface area contributed by atoms with Crippen molar-refractivity contribution in [1.29, 1.82) is 0 Å². The van der Waals surface area contributed by atoms with E-state index in [2.05, 4.69) is 50.5 Å². The van der Waals surface area contributed by atoms with Crippen LogP contribution < -0.4 is 0 Å². The third kappa shape index (κ3) is 1.39. The average molecular weight is 399 g/mol. The Balaban J connectivity index is 1.73. The van der Waals surface area contributed by atoms with Crippen LogP contribution in [0.4, 0.5) is 0 Å². The summed E-state index contributed by atoms with van der Waals surface area (Å²) in [6.45, 7) is 11.8. The molecule has 0 bridgehead atoms. The van der Waals surface area contributed by atoms with Crippen molar-refractivity contribution < 1.29 is 19.0 Å². The van der Waals surface area contributed by atoms with E-state index in [0.29, 0.717) is 12.5 Å². The summed E-state index contributed by atoms with van der Waals surface area (Å²) in [4.78, 5) is 12.9. The Morgan fingerprint density at radius 3 is 2.54 bits per heavy atom. The SMILES string of the molecule is CC1(C)COC2C3OC(=O)[C@@]45C[C@@H]4CC(C)(O[C@@](C)(CBr)C21)C35C. The van der Waals surface area contributed by atoms with E-state index in [-0.39, 0.29) is 51.5 Å². The second-order valence-corrected chi connectivity index (χ2v) is 10.7. The van der Waals surface area contributed by atoms with Crippen LogP contribution in [0.25, 0.3) is 0 Å². The number of rotatable bonds is 1. The Bertz CT molecular complexity index is 649. The third-order valence-corrected chi connectivity index (χ3v) is 9.55. The van der Waals surface area contributed by atoms with Gasteiger partial charge < -0.3 is 14.2 Å². The minimum Gasteiger partial charge on any atom is -0.458 e. The second kappa shape index (κ2) is 4.07. The van der Waals surface area contributed by atoms with Crippen molar-refractivity contribution in [2.24, 2.45) is 28.1 Å². The van der Waals surface area contributed by atoms with Crippen LogP contribution in [0, 0.1) is 28.1 Å². The molecule has 0 aromatic heterocycles. The van der Waals surface area contributed by atoms with Gasteiger partial charge in [-0.3, -0.25) is 4.79 Å². The molecule has 5 rings (SSSR count). The molecule has 0 radical (unpaired) electrons. The van der Waals surface area contributed by atoms with Gasteiger partial charge in [-0.2, -0.15) is 0 Å². The standard InChI is InChI=1S/C19H27BrO4/c1-15(2)9-22-11-12(15)16(3,8-20)24-17(4)6-10-7-19(10)14(21)23-13(11)18(17,19)5/h10-13H,6-9H2,1-5H3/t10-,11?,12?,13?,16-,17?,18?,19+/m0/s1. The fraction of sp³-hybridized carbons (Fsp3) is 0.947. The fourth-order valence-electron chi connectivity index (χ4n) is 7.33. The minimum atomic E-state index is -0.348. The second-order valence-electron chi connectivity index (χ2n) is 10.1. The highest BCUT2D eigenvalue weighted by molar-refractivity contribution is 9.09. The van der Waals surface area contributed by atoms with Gasteiger partial charge in [0.05, 0.1) is 28.6 Å². The molecule has 5 fully saturated rings. The molecule has 4 nitrogen and oxygen atoms in total. The van der Waals surface area contributed by atoms with Crippen LogP contribution >= 0.6 is 15.9 Å². The van der Waals surface area contributed by atoms with Crippen molar-refractivity contribution in [3.8, 4) is 0 Å². The van der Waals surface area contributed by atoms with E-state index in [0.717, 1.165) is 18.2 Å². The Kier molecular flexibility index (Phi) is 2.72. The minimum absolute atomic E-state index is 0.00169. The maximum atomic E-state index is 12.9. The molecule has 134 valence electrons. The van der Waals surface area contributed by atoms with Crippen LogP contribution in [0.15, 0.2) is 0 Å². The highest BCUT2D eigenvalue weighted by Crippen LogP contribution is 2.82. The first-order valence-electron chi connectivity index (χ1n) is 9.15. The molecule has 0 aromatic carbocycles. The van der Waals surface area contributed by atoms with E-state index in [1.807, 2.05) is 0 Å². The van der Waals surface area contributed by atoms with Crippen molar-refractivity contribution >= 4 is 21.9 Å². The lowest BCUT2D eigenvalue weighted by Crippen LogP contribution is -2.55. The zero-order valence-electron chi connectivity index (χ0n) is 15.1. The molecule has 8 atom stereocenters. The zero-order chi connectivity index (χ0) is 17.3. The molecule has 5 aliphatic rings. The number of fused-ring (bicyclic) bond motifs is 2. The van der Waals surface area contributed by atoms with Crippen molar-refractivity contribution in [2.45, 2.75) is 70.9 Å².